The Labute approximate surface area is 190 Å². The number of nitrogens with one attached hydrogen (secondary N) is 1. The van der Waals surface area contributed by atoms with Crippen molar-refractivity contribution < 1.29 is 27.2 Å². The summed E-state index contributed by atoms with van der Waals surface area (Å²) >= 11 is 0. The van der Waals surface area contributed by atoms with Crippen LogP contribution in [0, 0.1) is 6.85 Å². The van der Waals surface area contributed by atoms with Gasteiger partial charge in [-0.25, -0.2) is 17.7 Å². The number of aromatic nitrogens is 3. The summed E-state index contributed by atoms with van der Waals surface area (Å²) in [6, 6.07) is -1.47. The zero-order valence-corrected chi connectivity index (χ0v) is 17.0. The molecule has 1 aliphatic carbocycles. The highest BCUT2D eigenvalue weighted by Crippen LogP contribution is 2.39. The Kier molecular flexibility index (Phi) is 3.06. The number of nitrogens with zero attached hydrogens (tertiary/aromatic N) is 4. The molecule has 30 heavy (non-hydrogen) atoms. The lowest BCUT2D eigenvalue weighted by Crippen LogP contribution is -2.42. The Bertz CT molecular complexity index is 1470. The molecule has 2 N–H and O–H groups in total. The maximum atomic E-state index is 13.4. The van der Waals surface area contributed by atoms with Crippen LogP contribution in [-0.4, -0.2) is 63.3 Å². The highest BCUT2D eigenvalue weighted by atomic mass is 32.2. The fourth-order valence-corrected chi connectivity index (χ4v) is 4.42. The van der Waals surface area contributed by atoms with E-state index in [4.69, 9.17) is 13.7 Å². The summed E-state index contributed by atoms with van der Waals surface area (Å²) in [5.41, 5.74) is -2.81. The van der Waals surface area contributed by atoms with Crippen molar-refractivity contribution in [1.82, 2.24) is 18.8 Å². The number of hydrogen-bond donors (Lipinski definition) is 2. The van der Waals surface area contributed by atoms with Crippen molar-refractivity contribution >= 4 is 27.0 Å². The molecule has 2 aliphatic rings. The van der Waals surface area contributed by atoms with E-state index in [1.54, 1.807) is 0 Å². The van der Waals surface area contributed by atoms with E-state index < -0.39 is 77.7 Å². The SMILES string of the molecule is [2H]C([2H])([2H])c1cc2cnc(NC3C([2H])([2H])CN(S(=O)(=O)C([2H])([2H])[2H])CC3([2H])[2H])nc2n(C2CCCC2(C)O)c1=O. The molecule has 0 radical (unpaired) electrons. The van der Waals surface area contributed by atoms with Gasteiger partial charge in [0, 0.05) is 50.0 Å². The standard InChI is InChI=1S/C20H29N5O4S/c1-13-11-14-12-21-19(22-15-6-9-24(10-7-15)30(3,28)29)23-17(14)25(18(13)26)16-5-4-8-20(16,2)27/h11-12,15-16,27H,4-10H2,1-3H3,(H,21,22,23)/i1D3,3D3,6D2,7D2. The molecule has 1 saturated heterocycles. The third-order valence-electron chi connectivity index (χ3n) is 5.52. The Hall–Kier alpha value is -2.04. The van der Waals surface area contributed by atoms with Gasteiger partial charge in [-0.2, -0.15) is 4.98 Å². The van der Waals surface area contributed by atoms with Gasteiger partial charge in [0.05, 0.1) is 17.8 Å². The van der Waals surface area contributed by atoms with Gasteiger partial charge in [0.2, 0.25) is 16.0 Å². The minimum absolute atomic E-state index is 0.0637. The molecule has 9 nitrogen and oxygen atoms in total. The van der Waals surface area contributed by atoms with E-state index in [9.17, 15) is 18.3 Å². The van der Waals surface area contributed by atoms with Gasteiger partial charge in [0.25, 0.3) is 5.56 Å². The van der Waals surface area contributed by atoms with E-state index in [2.05, 4.69) is 15.3 Å². The fraction of sp³-hybridized carbons (Fsp3) is 0.650. The number of hydrogen-bond acceptors (Lipinski definition) is 7. The lowest BCUT2D eigenvalue weighted by atomic mass is 9.99. The minimum atomic E-state index is -5.03. The van der Waals surface area contributed by atoms with E-state index in [0.717, 1.165) is 10.6 Å². The number of fused-ring (bicyclic) bond motifs is 1. The van der Waals surface area contributed by atoms with E-state index in [1.807, 2.05) is 0 Å². The predicted molar refractivity (Wildman–Crippen MR) is 115 cm³/mol. The van der Waals surface area contributed by atoms with Crippen LogP contribution in [0.4, 0.5) is 5.95 Å². The van der Waals surface area contributed by atoms with Crippen molar-refractivity contribution in [3.8, 4) is 0 Å². The number of pyridine rings is 1. The van der Waals surface area contributed by atoms with Crippen LogP contribution in [0.25, 0.3) is 11.0 Å². The molecule has 2 unspecified atom stereocenters. The van der Waals surface area contributed by atoms with Crippen LogP contribution in [0.1, 0.15) is 64.2 Å². The zero-order valence-electron chi connectivity index (χ0n) is 26.2. The van der Waals surface area contributed by atoms with Gasteiger partial charge in [-0.1, -0.05) is 0 Å². The van der Waals surface area contributed by atoms with Crippen molar-refractivity contribution in [3.63, 3.8) is 0 Å². The average molecular weight is 446 g/mol. The van der Waals surface area contributed by atoms with Crippen molar-refractivity contribution in [1.29, 1.82) is 0 Å². The van der Waals surface area contributed by atoms with Gasteiger partial charge in [-0.05, 0) is 51.9 Å². The Balaban J connectivity index is 1.80. The molecule has 4 rings (SSSR count). The smallest absolute Gasteiger partial charge is 0.255 e. The first kappa shape index (κ1) is 12.1. The molecule has 1 aliphatic heterocycles. The lowest BCUT2D eigenvalue weighted by Gasteiger charge is -2.31. The van der Waals surface area contributed by atoms with Crippen LogP contribution in [0.3, 0.4) is 0 Å². The monoisotopic (exact) mass is 445 g/mol. The third kappa shape index (κ3) is 3.95. The number of rotatable bonds is 4. The van der Waals surface area contributed by atoms with Crippen LogP contribution in [0.15, 0.2) is 17.1 Å². The van der Waals surface area contributed by atoms with E-state index >= 15 is 0 Å². The zero-order chi connectivity index (χ0) is 30.3. The van der Waals surface area contributed by atoms with Crippen LogP contribution in [0.2, 0.25) is 0 Å². The first-order valence-corrected chi connectivity index (χ1v) is 10.8. The molecule has 2 fully saturated rings. The number of sulfonamides is 1. The summed E-state index contributed by atoms with van der Waals surface area (Å²) in [6.45, 7) is -3.18. The summed E-state index contributed by atoms with van der Waals surface area (Å²) in [6.07, 6.45) is -6.37. The molecule has 1 saturated carbocycles. The molecule has 0 aromatic carbocycles. The number of piperidine rings is 1. The molecular weight excluding hydrogens is 406 g/mol. The van der Waals surface area contributed by atoms with Crippen molar-refractivity contribution in [2.75, 3.05) is 24.6 Å². The molecule has 2 atom stereocenters. The second-order valence-electron chi connectivity index (χ2n) is 7.73. The third-order valence-corrected chi connectivity index (χ3v) is 6.46. The van der Waals surface area contributed by atoms with Crippen molar-refractivity contribution in [3.05, 3.63) is 28.2 Å². The maximum Gasteiger partial charge on any atom is 0.255 e. The molecule has 3 heterocycles. The molecule has 164 valence electrons. The fourth-order valence-electron chi connectivity index (χ4n) is 3.93. The highest BCUT2D eigenvalue weighted by molar-refractivity contribution is 7.88. The van der Waals surface area contributed by atoms with Crippen LogP contribution in [-0.2, 0) is 10.0 Å². The van der Waals surface area contributed by atoms with Crippen molar-refractivity contribution in [2.24, 2.45) is 0 Å². The Morgan fingerprint density at radius 3 is 2.80 bits per heavy atom. The highest BCUT2D eigenvalue weighted by Gasteiger charge is 2.39. The summed E-state index contributed by atoms with van der Waals surface area (Å²) in [5.74, 6) is -0.343. The van der Waals surface area contributed by atoms with Gasteiger partial charge in [0.15, 0.2) is 0 Å². The van der Waals surface area contributed by atoms with Gasteiger partial charge in [0.1, 0.15) is 5.65 Å². The number of anilines is 1. The van der Waals surface area contributed by atoms with Gasteiger partial charge < -0.3 is 10.4 Å². The molecular formula is C20H29N5O4S. The first-order valence-electron chi connectivity index (χ1n) is 14.4. The second kappa shape index (κ2) is 7.58. The van der Waals surface area contributed by atoms with Gasteiger partial charge in [-0.3, -0.25) is 9.36 Å². The van der Waals surface area contributed by atoms with Gasteiger partial charge in [-0.15, -0.1) is 0 Å². The average Bonchev–Trinajstić information content (AvgIpc) is 3.12. The quantitative estimate of drug-likeness (QED) is 0.731. The number of aliphatic hydroxyl groups is 1. The Morgan fingerprint density at radius 2 is 2.17 bits per heavy atom. The van der Waals surface area contributed by atoms with Crippen LogP contribution in [0.5, 0.6) is 0 Å². The van der Waals surface area contributed by atoms with Crippen molar-refractivity contribution in [2.45, 2.75) is 63.5 Å². The van der Waals surface area contributed by atoms with E-state index in [1.165, 1.54) is 13.1 Å². The molecule has 0 bridgehead atoms. The minimum Gasteiger partial charge on any atom is -0.388 e. The summed E-state index contributed by atoms with van der Waals surface area (Å²) in [7, 11) is -5.03. The molecule has 2 aromatic heterocycles. The normalized spacial score (nSPS) is 35.5. The molecule has 2 aromatic rings. The van der Waals surface area contributed by atoms with Crippen LogP contribution >= 0.6 is 0 Å². The van der Waals surface area contributed by atoms with Gasteiger partial charge >= 0.3 is 0 Å². The summed E-state index contributed by atoms with van der Waals surface area (Å²) in [5, 5.41) is 13.6. The second-order valence-corrected chi connectivity index (χ2v) is 9.20. The molecule has 0 amide bonds. The number of aryl methyl sites for hydroxylation is 1. The lowest BCUT2D eigenvalue weighted by molar-refractivity contribution is 0.0266. The maximum absolute atomic E-state index is 13.4. The van der Waals surface area contributed by atoms with Crippen LogP contribution < -0.4 is 10.9 Å². The van der Waals surface area contributed by atoms with E-state index in [-0.39, 0.29) is 21.3 Å². The summed E-state index contributed by atoms with van der Waals surface area (Å²) < 4.78 is 105. The molecule has 10 heteroatoms. The largest absolute Gasteiger partial charge is 0.388 e. The Morgan fingerprint density at radius 1 is 1.40 bits per heavy atom. The molecule has 0 spiro atoms. The predicted octanol–water partition coefficient (Wildman–Crippen LogP) is 1.41. The first-order chi connectivity index (χ1) is 18.0. The van der Waals surface area contributed by atoms with E-state index in [0.29, 0.717) is 19.3 Å². The topological polar surface area (TPSA) is 117 Å². The summed E-state index contributed by atoms with van der Waals surface area (Å²) in [4.78, 5) is 21.8.